The van der Waals surface area contributed by atoms with E-state index in [1.165, 1.54) is 6.20 Å². The Bertz CT molecular complexity index is 935. The van der Waals surface area contributed by atoms with Crippen LogP contribution in [0, 0.1) is 5.41 Å². The van der Waals surface area contributed by atoms with E-state index in [0.717, 1.165) is 0 Å². The van der Waals surface area contributed by atoms with Crippen molar-refractivity contribution in [1.29, 1.82) is 0 Å². The molecule has 1 aromatic rings. The van der Waals surface area contributed by atoms with Crippen LogP contribution in [0.4, 0.5) is 0 Å². The number of ether oxygens (including phenoxy) is 2. The molecule has 0 fully saturated rings. The number of nitrogens with one attached hydrogen (secondary N) is 1. The van der Waals surface area contributed by atoms with Gasteiger partial charge in [-0.05, 0) is 49.5 Å². The molecule has 0 saturated heterocycles. The van der Waals surface area contributed by atoms with Crippen LogP contribution in [0.5, 0.6) is 5.75 Å². The molecule has 0 heterocycles. The fourth-order valence-corrected chi connectivity index (χ4v) is 4.50. The molecule has 35 heavy (non-hydrogen) atoms. The lowest BCUT2D eigenvalue weighted by Crippen LogP contribution is -2.48. The standard InChI is InChI=1S/C26H41BrClNO5Si/c1-11-32-20-14-17(27)13-18(22(20)28)23(30)19(24(31)33-12-2)15-29-21(25(3,4)5)16-34-35(9,10)26(6,7)8/h13-15,21,29H,11-12,16H2,1-10H3/t21-/m1/s1. The van der Waals surface area contributed by atoms with Crippen LogP contribution in [-0.4, -0.2) is 45.9 Å². The fraction of sp³-hybridized carbons (Fsp3) is 0.615. The third kappa shape index (κ3) is 8.92. The Hall–Kier alpha value is -1.35. The monoisotopic (exact) mass is 589 g/mol. The molecular formula is C26H41BrClNO5Si. The van der Waals surface area contributed by atoms with E-state index >= 15 is 0 Å². The number of esters is 1. The molecule has 198 valence electrons. The van der Waals surface area contributed by atoms with Crippen LogP contribution in [0.2, 0.25) is 23.2 Å². The van der Waals surface area contributed by atoms with Crippen LogP contribution in [0.1, 0.15) is 65.7 Å². The third-order valence-electron chi connectivity index (χ3n) is 6.18. The average molecular weight is 591 g/mol. The van der Waals surface area contributed by atoms with E-state index < -0.39 is 20.1 Å². The summed E-state index contributed by atoms with van der Waals surface area (Å²) in [6, 6.07) is 3.09. The zero-order valence-corrected chi connectivity index (χ0v) is 26.1. The van der Waals surface area contributed by atoms with Crippen molar-refractivity contribution in [1.82, 2.24) is 5.32 Å². The minimum atomic E-state index is -2.00. The summed E-state index contributed by atoms with van der Waals surface area (Å²) in [4.78, 5) is 26.3. The van der Waals surface area contributed by atoms with Crippen molar-refractivity contribution in [3.63, 3.8) is 0 Å². The van der Waals surface area contributed by atoms with Crippen molar-refractivity contribution in [3.05, 3.63) is 39.0 Å². The molecule has 1 N–H and O–H groups in total. The highest BCUT2D eigenvalue weighted by Crippen LogP contribution is 2.37. The van der Waals surface area contributed by atoms with Gasteiger partial charge in [-0.15, -0.1) is 0 Å². The minimum Gasteiger partial charge on any atom is -0.492 e. The van der Waals surface area contributed by atoms with E-state index in [2.05, 4.69) is 75.9 Å². The summed E-state index contributed by atoms with van der Waals surface area (Å²) in [6.45, 7) is 21.7. The number of hydrogen-bond donors (Lipinski definition) is 1. The molecule has 0 bridgehead atoms. The van der Waals surface area contributed by atoms with Gasteiger partial charge < -0.3 is 19.2 Å². The third-order valence-corrected chi connectivity index (χ3v) is 11.5. The van der Waals surface area contributed by atoms with Crippen LogP contribution in [0.25, 0.3) is 0 Å². The van der Waals surface area contributed by atoms with Gasteiger partial charge in [0.25, 0.3) is 0 Å². The molecule has 0 aliphatic heterocycles. The predicted octanol–water partition coefficient (Wildman–Crippen LogP) is 7.16. The Balaban J connectivity index is 3.39. The number of ketones is 1. The molecule has 0 aliphatic carbocycles. The molecule has 0 aliphatic rings. The molecule has 1 atom stereocenters. The fourth-order valence-electron chi connectivity index (χ4n) is 2.80. The largest absolute Gasteiger partial charge is 0.492 e. The van der Waals surface area contributed by atoms with Crippen LogP contribution in [-0.2, 0) is 14.0 Å². The van der Waals surface area contributed by atoms with Gasteiger partial charge in [-0.2, -0.15) is 0 Å². The van der Waals surface area contributed by atoms with Gasteiger partial charge >= 0.3 is 5.97 Å². The van der Waals surface area contributed by atoms with Crippen molar-refractivity contribution in [2.75, 3.05) is 19.8 Å². The lowest BCUT2D eigenvalue weighted by atomic mass is 9.87. The van der Waals surface area contributed by atoms with E-state index in [0.29, 0.717) is 23.4 Å². The number of Topliss-reactive ketones (excluding diaryl/α,β-unsaturated/α-hetero) is 1. The molecule has 0 radical (unpaired) electrons. The van der Waals surface area contributed by atoms with Gasteiger partial charge in [-0.1, -0.05) is 69.1 Å². The van der Waals surface area contributed by atoms with Crippen molar-refractivity contribution >= 4 is 47.6 Å². The Labute approximate surface area is 225 Å². The first-order valence-electron chi connectivity index (χ1n) is 11.9. The molecule has 6 nitrogen and oxygen atoms in total. The van der Waals surface area contributed by atoms with Crippen LogP contribution < -0.4 is 10.1 Å². The first-order chi connectivity index (χ1) is 16.0. The van der Waals surface area contributed by atoms with Gasteiger partial charge in [0.2, 0.25) is 5.78 Å². The summed E-state index contributed by atoms with van der Waals surface area (Å²) in [5.41, 5.74) is -0.205. The summed E-state index contributed by atoms with van der Waals surface area (Å²) in [5.74, 6) is -0.920. The van der Waals surface area contributed by atoms with Crippen molar-refractivity contribution < 1.29 is 23.5 Å². The van der Waals surface area contributed by atoms with Gasteiger partial charge in [-0.25, -0.2) is 4.79 Å². The maximum Gasteiger partial charge on any atom is 0.343 e. The first-order valence-corrected chi connectivity index (χ1v) is 16.0. The Morgan fingerprint density at radius 2 is 1.71 bits per heavy atom. The summed E-state index contributed by atoms with van der Waals surface area (Å²) in [7, 11) is -2.00. The van der Waals surface area contributed by atoms with Crippen molar-refractivity contribution in [3.8, 4) is 5.75 Å². The van der Waals surface area contributed by atoms with Gasteiger partial charge in [0.1, 0.15) is 11.3 Å². The highest BCUT2D eigenvalue weighted by Gasteiger charge is 2.38. The molecule has 1 rings (SSSR count). The Morgan fingerprint density at radius 1 is 1.11 bits per heavy atom. The number of carbonyl (C=O) groups is 2. The number of hydrogen-bond acceptors (Lipinski definition) is 6. The smallest absolute Gasteiger partial charge is 0.343 e. The highest BCUT2D eigenvalue weighted by atomic mass is 79.9. The van der Waals surface area contributed by atoms with E-state index in [1.54, 1.807) is 19.1 Å². The maximum atomic E-state index is 13.5. The number of carbonyl (C=O) groups excluding carboxylic acids is 2. The Morgan fingerprint density at radius 3 is 2.20 bits per heavy atom. The molecule has 1 aromatic carbocycles. The summed E-state index contributed by atoms with van der Waals surface area (Å²) in [5, 5.41) is 3.48. The molecular weight excluding hydrogens is 550 g/mol. The molecule has 0 unspecified atom stereocenters. The molecule has 9 heteroatoms. The molecule has 0 aromatic heterocycles. The quantitative estimate of drug-likeness (QED) is 0.0736. The topological polar surface area (TPSA) is 73.9 Å². The molecule has 0 saturated carbocycles. The summed E-state index contributed by atoms with van der Waals surface area (Å²) >= 11 is 9.87. The molecule has 0 amide bonds. The van der Waals surface area contributed by atoms with E-state index in [9.17, 15) is 9.59 Å². The van der Waals surface area contributed by atoms with Gasteiger partial charge in [0.15, 0.2) is 8.32 Å². The predicted molar refractivity (Wildman–Crippen MR) is 149 cm³/mol. The zero-order valence-electron chi connectivity index (χ0n) is 22.7. The second-order valence-electron chi connectivity index (χ2n) is 11.0. The van der Waals surface area contributed by atoms with Gasteiger partial charge in [-0.3, -0.25) is 4.79 Å². The van der Waals surface area contributed by atoms with Gasteiger partial charge in [0, 0.05) is 16.2 Å². The van der Waals surface area contributed by atoms with Crippen LogP contribution in [0.15, 0.2) is 28.4 Å². The van der Waals surface area contributed by atoms with E-state index in [1.807, 2.05) is 6.92 Å². The minimum absolute atomic E-state index is 0.0625. The summed E-state index contributed by atoms with van der Waals surface area (Å²) in [6.07, 6.45) is 1.43. The SMILES string of the molecule is CCOC(=O)C(=CN[C@H](CO[Si](C)(C)C(C)(C)C)C(C)(C)C)C(=O)c1cc(Br)cc(OCC)c1Cl. The lowest BCUT2D eigenvalue weighted by Gasteiger charge is -2.39. The first kappa shape index (κ1) is 31.7. The van der Waals surface area contributed by atoms with Crippen LogP contribution >= 0.6 is 27.5 Å². The van der Waals surface area contributed by atoms with E-state index in [-0.39, 0.29) is 39.3 Å². The maximum absolute atomic E-state index is 13.5. The van der Waals surface area contributed by atoms with Crippen molar-refractivity contribution in [2.24, 2.45) is 5.41 Å². The summed E-state index contributed by atoms with van der Waals surface area (Å²) < 4.78 is 17.8. The second-order valence-corrected chi connectivity index (χ2v) is 17.1. The normalized spacial score (nSPS) is 13.9. The van der Waals surface area contributed by atoms with Crippen molar-refractivity contribution in [2.45, 2.75) is 79.6 Å². The lowest BCUT2D eigenvalue weighted by molar-refractivity contribution is -0.138. The highest BCUT2D eigenvalue weighted by molar-refractivity contribution is 9.10. The average Bonchev–Trinajstić information content (AvgIpc) is 2.71. The Kier molecular flexibility index (Phi) is 11.5. The van der Waals surface area contributed by atoms with Crippen LogP contribution in [0.3, 0.4) is 0 Å². The van der Waals surface area contributed by atoms with E-state index in [4.69, 9.17) is 25.5 Å². The number of benzene rings is 1. The second kappa shape index (κ2) is 12.7. The number of halogens is 2. The number of rotatable bonds is 11. The zero-order chi connectivity index (χ0) is 27.2. The van der Waals surface area contributed by atoms with Gasteiger partial charge in [0.05, 0.1) is 30.9 Å². The molecule has 0 spiro atoms.